The first-order chi connectivity index (χ1) is 8.99. The van der Waals surface area contributed by atoms with Gasteiger partial charge in [0.2, 0.25) is 0 Å². The minimum absolute atomic E-state index is 0.0418. The van der Waals surface area contributed by atoms with Gasteiger partial charge in [0.25, 0.3) is 5.91 Å². The molecule has 0 spiro atoms. The van der Waals surface area contributed by atoms with Crippen LogP contribution < -0.4 is 5.32 Å². The number of hydrogen-bond donors (Lipinski definition) is 3. The number of hydrogen-bond acceptors (Lipinski definition) is 5. The molecule has 0 aliphatic carbocycles. The van der Waals surface area contributed by atoms with Crippen molar-refractivity contribution in [3.63, 3.8) is 0 Å². The normalized spacial score (nSPS) is 12.1. The van der Waals surface area contributed by atoms with E-state index in [-0.39, 0.29) is 17.4 Å². The Bertz CT molecular complexity index is 610. The lowest BCUT2D eigenvalue weighted by Crippen LogP contribution is -2.26. The van der Waals surface area contributed by atoms with Crippen LogP contribution in [0.25, 0.3) is 0 Å². The standard InChI is InChI=1S/C13H14N2O3S/c1-7-6-14-13(19-7)8(2)15-12(18)9-4-3-5-10(16)11(9)17/h3-6,8,16-17H,1-2H3,(H,15,18). The van der Waals surface area contributed by atoms with Crippen molar-refractivity contribution in [3.8, 4) is 11.5 Å². The van der Waals surface area contributed by atoms with Gasteiger partial charge in [-0.05, 0) is 26.0 Å². The summed E-state index contributed by atoms with van der Waals surface area (Å²) in [5.74, 6) is -1.18. The predicted octanol–water partition coefficient (Wildman–Crippen LogP) is 2.35. The maximum absolute atomic E-state index is 12.0. The van der Waals surface area contributed by atoms with Crippen molar-refractivity contribution >= 4 is 17.2 Å². The van der Waals surface area contributed by atoms with Crippen molar-refractivity contribution < 1.29 is 15.0 Å². The summed E-state index contributed by atoms with van der Waals surface area (Å²) in [5, 5.41) is 22.5. The summed E-state index contributed by atoms with van der Waals surface area (Å²) < 4.78 is 0. The van der Waals surface area contributed by atoms with Gasteiger partial charge in [-0.1, -0.05) is 6.07 Å². The molecular weight excluding hydrogens is 264 g/mol. The van der Waals surface area contributed by atoms with Crippen molar-refractivity contribution in [2.45, 2.75) is 19.9 Å². The van der Waals surface area contributed by atoms with Gasteiger partial charge in [-0.15, -0.1) is 11.3 Å². The van der Waals surface area contributed by atoms with Crippen LogP contribution in [0.1, 0.15) is 33.2 Å². The third-order valence-corrected chi connectivity index (χ3v) is 3.71. The number of para-hydroxylation sites is 1. The van der Waals surface area contributed by atoms with Crippen LogP contribution in [0.15, 0.2) is 24.4 Å². The zero-order valence-corrected chi connectivity index (χ0v) is 11.4. The lowest BCUT2D eigenvalue weighted by atomic mass is 10.1. The van der Waals surface area contributed by atoms with Crippen molar-refractivity contribution in [1.29, 1.82) is 0 Å². The second-order valence-corrected chi connectivity index (χ2v) is 5.44. The van der Waals surface area contributed by atoms with Crippen LogP contribution in [-0.2, 0) is 0 Å². The number of aromatic nitrogens is 1. The molecule has 0 fully saturated rings. The molecule has 0 aliphatic rings. The van der Waals surface area contributed by atoms with Crippen LogP contribution in [-0.4, -0.2) is 21.1 Å². The molecule has 0 radical (unpaired) electrons. The fraction of sp³-hybridized carbons (Fsp3) is 0.231. The van der Waals surface area contributed by atoms with E-state index < -0.39 is 11.7 Å². The van der Waals surface area contributed by atoms with Crippen molar-refractivity contribution in [2.75, 3.05) is 0 Å². The Morgan fingerprint density at radius 2 is 2.16 bits per heavy atom. The monoisotopic (exact) mass is 278 g/mol. The van der Waals surface area contributed by atoms with Crippen LogP contribution in [0.4, 0.5) is 0 Å². The molecular formula is C13H14N2O3S. The van der Waals surface area contributed by atoms with Gasteiger partial charge in [0, 0.05) is 11.1 Å². The number of amides is 1. The quantitative estimate of drug-likeness (QED) is 0.753. The zero-order valence-electron chi connectivity index (χ0n) is 10.5. The van der Waals surface area contributed by atoms with E-state index in [0.29, 0.717) is 0 Å². The number of nitrogens with zero attached hydrogens (tertiary/aromatic N) is 1. The van der Waals surface area contributed by atoms with E-state index >= 15 is 0 Å². The topological polar surface area (TPSA) is 82.5 Å². The molecule has 1 aromatic heterocycles. The van der Waals surface area contributed by atoms with Gasteiger partial charge in [0.05, 0.1) is 11.6 Å². The van der Waals surface area contributed by atoms with Crippen molar-refractivity contribution in [1.82, 2.24) is 10.3 Å². The highest BCUT2D eigenvalue weighted by Crippen LogP contribution is 2.28. The van der Waals surface area contributed by atoms with E-state index in [2.05, 4.69) is 10.3 Å². The highest BCUT2D eigenvalue weighted by molar-refractivity contribution is 7.11. The lowest BCUT2D eigenvalue weighted by Gasteiger charge is -2.12. The number of carbonyl (C=O) groups is 1. The van der Waals surface area contributed by atoms with E-state index in [1.54, 1.807) is 6.20 Å². The van der Waals surface area contributed by atoms with Crippen LogP contribution in [0, 0.1) is 6.92 Å². The van der Waals surface area contributed by atoms with Gasteiger partial charge in [0.15, 0.2) is 11.5 Å². The number of phenolic OH excluding ortho intramolecular Hbond substituents is 2. The number of nitrogens with one attached hydrogen (secondary N) is 1. The zero-order chi connectivity index (χ0) is 14.0. The van der Waals surface area contributed by atoms with Gasteiger partial charge in [-0.25, -0.2) is 4.98 Å². The first-order valence-corrected chi connectivity index (χ1v) is 6.55. The summed E-state index contributed by atoms with van der Waals surface area (Å²) in [4.78, 5) is 17.3. The summed E-state index contributed by atoms with van der Waals surface area (Å²) in [6.07, 6.45) is 1.74. The molecule has 19 heavy (non-hydrogen) atoms. The van der Waals surface area contributed by atoms with E-state index in [9.17, 15) is 15.0 Å². The van der Waals surface area contributed by atoms with E-state index in [1.165, 1.54) is 29.5 Å². The van der Waals surface area contributed by atoms with Crippen molar-refractivity contribution in [2.24, 2.45) is 0 Å². The third-order valence-electron chi connectivity index (χ3n) is 2.62. The number of carbonyl (C=O) groups excluding carboxylic acids is 1. The SMILES string of the molecule is Cc1cnc(C(C)NC(=O)c2cccc(O)c2O)s1. The van der Waals surface area contributed by atoms with Crippen LogP contribution in [0.3, 0.4) is 0 Å². The Morgan fingerprint density at radius 3 is 2.79 bits per heavy atom. The minimum atomic E-state index is -0.450. The molecule has 2 aromatic rings. The molecule has 1 amide bonds. The molecule has 3 N–H and O–H groups in total. The summed E-state index contributed by atoms with van der Waals surface area (Å²) in [6.45, 7) is 3.76. The minimum Gasteiger partial charge on any atom is -0.504 e. The fourth-order valence-electron chi connectivity index (χ4n) is 1.62. The Balaban J connectivity index is 2.15. The Kier molecular flexibility index (Phi) is 3.71. The van der Waals surface area contributed by atoms with Gasteiger partial charge in [-0.2, -0.15) is 0 Å². The number of thiazole rings is 1. The average Bonchev–Trinajstić information content (AvgIpc) is 2.79. The van der Waals surface area contributed by atoms with Crippen LogP contribution in [0.2, 0.25) is 0 Å². The highest BCUT2D eigenvalue weighted by Gasteiger charge is 2.18. The Morgan fingerprint density at radius 1 is 1.42 bits per heavy atom. The van der Waals surface area contributed by atoms with Gasteiger partial charge < -0.3 is 15.5 Å². The number of phenols is 2. The highest BCUT2D eigenvalue weighted by atomic mass is 32.1. The summed E-state index contributed by atoms with van der Waals surface area (Å²) in [5.41, 5.74) is 0.0418. The average molecular weight is 278 g/mol. The second kappa shape index (κ2) is 5.27. The summed E-state index contributed by atoms with van der Waals surface area (Å²) in [6, 6.07) is 4.01. The Labute approximate surface area is 114 Å². The molecule has 5 nitrogen and oxygen atoms in total. The van der Waals surface area contributed by atoms with E-state index in [1.807, 2.05) is 13.8 Å². The molecule has 0 saturated carbocycles. The molecule has 2 rings (SSSR count). The molecule has 1 heterocycles. The number of aryl methyl sites for hydroxylation is 1. The van der Waals surface area contributed by atoms with E-state index in [0.717, 1.165) is 9.88 Å². The van der Waals surface area contributed by atoms with E-state index in [4.69, 9.17) is 0 Å². The maximum Gasteiger partial charge on any atom is 0.255 e. The number of benzene rings is 1. The van der Waals surface area contributed by atoms with Gasteiger partial charge in [0.1, 0.15) is 5.01 Å². The molecule has 100 valence electrons. The number of rotatable bonds is 3. The maximum atomic E-state index is 12.0. The molecule has 6 heteroatoms. The molecule has 0 aliphatic heterocycles. The molecule has 0 saturated heterocycles. The first-order valence-electron chi connectivity index (χ1n) is 5.73. The van der Waals surface area contributed by atoms with Gasteiger partial charge >= 0.3 is 0 Å². The van der Waals surface area contributed by atoms with Crippen LogP contribution in [0.5, 0.6) is 11.5 Å². The molecule has 1 atom stereocenters. The van der Waals surface area contributed by atoms with Crippen LogP contribution >= 0.6 is 11.3 Å². The fourth-order valence-corrected chi connectivity index (χ4v) is 2.40. The lowest BCUT2D eigenvalue weighted by molar-refractivity contribution is 0.0936. The predicted molar refractivity (Wildman–Crippen MR) is 72.5 cm³/mol. The summed E-state index contributed by atoms with van der Waals surface area (Å²) >= 11 is 1.50. The molecule has 0 bridgehead atoms. The Hall–Kier alpha value is -2.08. The first kappa shape index (κ1) is 13.4. The second-order valence-electron chi connectivity index (χ2n) is 4.18. The number of aromatic hydroxyl groups is 2. The largest absolute Gasteiger partial charge is 0.504 e. The van der Waals surface area contributed by atoms with Gasteiger partial charge in [-0.3, -0.25) is 4.79 Å². The summed E-state index contributed by atoms with van der Waals surface area (Å²) in [7, 11) is 0. The molecule has 1 unspecified atom stereocenters. The molecule has 1 aromatic carbocycles. The van der Waals surface area contributed by atoms with Crippen molar-refractivity contribution in [3.05, 3.63) is 39.8 Å². The third kappa shape index (κ3) is 2.85. The smallest absolute Gasteiger partial charge is 0.255 e.